The van der Waals surface area contributed by atoms with Crippen LogP contribution in [0, 0.1) is 11.6 Å². The monoisotopic (exact) mass is 300 g/mol. The highest BCUT2D eigenvalue weighted by Gasteiger charge is 2.16. The lowest BCUT2D eigenvalue weighted by Crippen LogP contribution is -2.36. The molecule has 0 aliphatic rings. The van der Waals surface area contributed by atoms with E-state index in [1.807, 2.05) is 6.92 Å². The van der Waals surface area contributed by atoms with Crippen molar-refractivity contribution in [1.29, 1.82) is 0 Å². The Bertz CT molecular complexity index is 406. The van der Waals surface area contributed by atoms with E-state index in [0.717, 1.165) is 25.6 Å². The molecule has 3 nitrogen and oxygen atoms in total. The Morgan fingerprint density at radius 2 is 1.76 bits per heavy atom. The molecule has 1 atom stereocenters. The molecule has 1 aromatic carbocycles. The fourth-order valence-electron chi connectivity index (χ4n) is 2.46. The summed E-state index contributed by atoms with van der Waals surface area (Å²) in [5.74, 6) is -1.10. The summed E-state index contributed by atoms with van der Waals surface area (Å²) in [7, 11) is 0. The largest absolute Gasteiger partial charge is 0.395 e. The smallest absolute Gasteiger partial charge is 0.126 e. The molecule has 0 saturated heterocycles. The van der Waals surface area contributed by atoms with Crippen LogP contribution in [0.3, 0.4) is 0 Å². The molecule has 0 aliphatic carbocycles. The molecule has 0 aliphatic heterocycles. The van der Waals surface area contributed by atoms with Crippen LogP contribution in [0.2, 0.25) is 0 Å². The van der Waals surface area contributed by atoms with Crippen LogP contribution in [0.1, 0.15) is 38.8 Å². The number of hydrogen-bond acceptors (Lipinski definition) is 3. The number of nitrogens with zero attached hydrogens (tertiary/aromatic N) is 1. The summed E-state index contributed by atoms with van der Waals surface area (Å²) in [5.41, 5.74) is 0.627. The first kappa shape index (κ1) is 18.0. The SMILES string of the molecule is CCNC(CCN(CCO)C(C)C)c1cc(F)cc(F)c1. The van der Waals surface area contributed by atoms with Gasteiger partial charge in [-0.15, -0.1) is 0 Å². The Kier molecular flexibility index (Phi) is 7.78. The molecule has 0 saturated carbocycles. The van der Waals surface area contributed by atoms with Crippen molar-refractivity contribution in [3.05, 3.63) is 35.4 Å². The molecule has 0 amide bonds. The zero-order valence-electron chi connectivity index (χ0n) is 13.1. The summed E-state index contributed by atoms with van der Waals surface area (Å²) in [5, 5.41) is 12.4. The predicted molar refractivity (Wildman–Crippen MR) is 81.2 cm³/mol. The highest BCUT2D eigenvalue weighted by atomic mass is 19.1. The van der Waals surface area contributed by atoms with Crippen LogP contribution in [0.4, 0.5) is 8.78 Å². The van der Waals surface area contributed by atoms with E-state index in [2.05, 4.69) is 24.1 Å². The summed E-state index contributed by atoms with van der Waals surface area (Å²) in [4.78, 5) is 2.15. The van der Waals surface area contributed by atoms with Crippen LogP contribution >= 0.6 is 0 Å². The topological polar surface area (TPSA) is 35.5 Å². The van der Waals surface area contributed by atoms with Gasteiger partial charge in [0, 0.05) is 31.2 Å². The molecule has 5 heteroatoms. The minimum absolute atomic E-state index is 0.0971. The number of nitrogens with one attached hydrogen (secondary N) is 1. The van der Waals surface area contributed by atoms with E-state index in [0.29, 0.717) is 18.2 Å². The third-order valence-electron chi connectivity index (χ3n) is 3.56. The van der Waals surface area contributed by atoms with Gasteiger partial charge in [0.1, 0.15) is 11.6 Å². The van der Waals surface area contributed by atoms with Crippen molar-refractivity contribution < 1.29 is 13.9 Å². The summed E-state index contributed by atoms with van der Waals surface area (Å²) < 4.78 is 26.7. The standard InChI is InChI=1S/C16H26F2N2O/c1-4-19-16(5-6-20(7-8-21)12(2)3)13-9-14(17)11-15(18)10-13/h9-12,16,19,21H,4-8H2,1-3H3. The predicted octanol–water partition coefficient (Wildman–Crippen LogP) is 2.71. The normalized spacial score (nSPS) is 13.1. The molecule has 1 rings (SSSR count). The molecule has 0 aromatic heterocycles. The summed E-state index contributed by atoms with van der Waals surface area (Å²) >= 11 is 0. The van der Waals surface area contributed by atoms with Crippen molar-refractivity contribution in [1.82, 2.24) is 10.2 Å². The van der Waals surface area contributed by atoms with Gasteiger partial charge in [-0.25, -0.2) is 8.78 Å². The van der Waals surface area contributed by atoms with E-state index in [1.54, 1.807) is 0 Å². The second-order valence-corrected chi connectivity index (χ2v) is 5.46. The van der Waals surface area contributed by atoms with E-state index >= 15 is 0 Å². The van der Waals surface area contributed by atoms with Gasteiger partial charge in [-0.1, -0.05) is 6.92 Å². The Balaban J connectivity index is 2.77. The van der Waals surface area contributed by atoms with E-state index in [9.17, 15) is 8.78 Å². The first-order valence-corrected chi connectivity index (χ1v) is 7.52. The molecule has 0 fully saturated rings. The van der Waals surface area contributed by atoms with Gasteiger partial charge in [-0.3, -0.25) is 4.90 Å². The number of benzene rings is 1. The maximum Gasteiger partial charge on any atom is 0.126 e. The van der Waals surface area contributed by atoms with Gasteiger partial charge in [0.15, 0.2) is 0 Å². The van der Waals surface area contributed by atoms with Crippen molar-refractivity contribution >= 4 is 0 Å². The molecule has 2 N–H and O–H groups in total. The molecular formula is C16H26F2N2O. The van der Waals surface area contributed by atoms with Crippen LogP contribution in [-0.4, -0.2) is 42.3 Å². The van der Waals surface area contributed by atoms with E-state index in [4.69, 9.17) is 5.11 Å². The van der Waals surface area contributed by atoms with Crippen molar-refractivity contribution in [3.8, 4) is 0 Å². The lowest BCUT2D eigenvalue weighted by atomic mass is 10.0. The average molecular weight is 300 g/mol. The minimum atomic E-state index is -0.552. The van der Waals surface area contributed by atoms with Crippen LogP contribution in [0.15, 0.2) is 18.2 Å². The van der Waals surface area contributed by atoms with Gasteiger partial charge in [-0.05, 0) is 44.5 Å². The number of halogens is 2. The fourth-order valence-corrected chi connectivity index (χ4v) is 2.46. The summed E-state index contributed by atoms with van der Waals surface area (Å²) in [6.07, 6.45) is 0.731. The zero-order chi connectivity index (χ0) is 15.8. The Labute approximate surface area is 126 Å². The highest BCUT2D eigenvalue weighted by Crippen LogP contribution is 2.20. The summed E-state index contributed by atoms with van der Waals surface area (Å²) in [6.45, 7) is 8.31. The maximum atomic E-state index is 13.4. The van der Waals surface area contributed by atoms with Crippen LogP contribution in [0.5, 0.6) is 0 Å². The maximum absolute atomic E-state index is 13.4. The second-order valence-electron chi connectivity index (χ2n) is 5.46. The van der Waals surface area contributed by atoms with E-state index < -0.39 is 11.6 Å². The molecule has 0 bridgehead atoms. The average Bonchev–Trinajstić information content (AvgIpc) is 2.40. The van der Waals surface area contributed by atoms with Crippen molar-refractivity contribution in [3.63, 3.8) is 0 Å². The lowest BCUT2D eigenvalue weighted by molar-refractivity contribution is 0.159. The molecule has 0 heterocycles. The molecule has 21 heavy (non-hydrogen) atoms. The minimum Gasteiger partial charge on any atom is -0.395 e. The molecule has 1 unspecified atom stereocenters. The van der Waals surface area contributed by atoms with Gasteiger partial charge >= 0.3 is 0 Å². The number of hydrogen-bond donors (Lipinski definition) is 2. The van der Waals surface area contributed by atoms with E-state index in [1.165, 1.54) is 12.1 Å². The number of aliphatic hydroxyl groups excluding tert-OH is 1. The molecule has 1 aromatic rings. The molecule has 0 radical (unpaired) electrons. The van der Waals surface area contributed by atoms with Crippen molar-refractivity contribution in [2.75, 3.05) is 26.2 Å². The van der Waals surface area contributed by atoms with Gasteiger partial charge < -0.3 is 10.4 Å². The third kappa shape index (κ3) is 6.08. The van der Waals surface area contributed by atoms with Crippen molar-refractivity contribution in [2.45, 2.75) is 39.3 Å². The number of rotatable bonds is 9. The summed E-state index contributed by atoms with van der Waals surface area (Å²) in [6, 6.07) is 3.87. The van der Waals surface area contributed by atoms with Crippen LogP contribution < -0.4 is 5.32 Å². The van der Waals surface area contributed by atoms with Crippen LogP contribution in [-0.2, 0) is 0 Å². The third-order valence-corrected chi connectivity index (χ3v) is 3.56. The lowest BCUT2D eigenvalue weighted by Gasteiger charge is -2.28. The quantitative estimate of drug-likeness (QED) is 0.736. The fraction of sp³-hybridized carbons (Fsp3) is 0.625. The second kappa shape index (κ2) is 9.07. The van der Waals surface area contributed by atoms with Crippen LogP contribution in [0.25, 0.3) is 0 Å². The van der Waals surface area contributed by atoms with E-state index in [-0.39, 0.29) is 12.6 Å². The number of aliphatic hydroxyl groups is 1. The molecular weight excluding hydrogens is 274 g/mol. The molecule has 0 spiro atoms. The van der Waals surface area contributed by atoms with Crippen molar-refractivity contribution in [2.24, 2.45) is 0 Å². The van der Waals surface area contributed by atoms with Gasteiger partial charge in [-0.2, -0.15) is 0 Å². The first-order chi connectivity index (χ1) is 9.97. The first-order valence-electron chi connectivity index (χ1n) is 7.52. The Morgan fingerprint density at radius 3 is 2.24 bits per heavy atom. The van der Waals surface area contributed by atoms with Gasteiger partial charge in [0.05, 0.1) is 6.61 Å². The Morgan fingerprint density at radius 1 is 1.14 bits per heavy atom. The van der Waals surface area contributed by atoms with Gasteiger partial charge in [0.2, 0.25) is 0 Å². The zero-order valence-corrected chi connectivity index (χ0v) is 13.1. The highest BCUT2D eigenvalue weighted by molar-refractivity contribution is 5.21. The van der Waals surface area contributed by atoms with Gasteiger partial charge in [0.25, 0.3) is 0 Å². The Hall–Kier alpha value is -1.04. The molecule has 120 valence electrons.